The predicted molar refractivity (Wildman–Crippen MR) is 135 cm³/mol. The predicted octanol–water partition coefficient (Wildman–Crippen LogP) is 6.14. The summed E-state index contributed by atoms with van der Waals surface area (Å²) in [6.07, 6.45) is 2.09. The van der Waals surface area contributed by atoms with E-state index < -0.39 is 4.92 Å². The van der Waals surface area contributed by atoms with Gasteiger partial charge in [-0.2, -0.15) is 0 Å². The number of nitro benzene ring substituents is 1. The minimum atomic E-state index is -0.395. The van der Waals surface area contributed by atoms with Crippen molar-refractivity contribution < 1.29 is 14.2 Å². The zero-order chi connectivity index (χ0) is 24.6. The smallest absolute Gasteiger partial charge is 0.269 e. The summed E-state index contributed by atoms with van der Waals surface area (Å²) < 4.78 is 5.62. The maximum Gasteiger partial charge on any atom is 0.269 e. The lowest BCUT2D eigenvalue weighted by Gasteiger charge is -2.38. The third-order valence-corrected chi connectivity index (χ3v) is 7.06. The summed E-state index contributed by atoms with van der Waals surface area (Å²) in [5.74, 6) is 0.861. The molecular formula is C28H24N4O4. The third-order valence-electron chi connectivity index (χ3n) is 7.06. The van der Waals surface area contributed by atoms with Crippen molar-refractivity contribution in [3.05, 3.63) is 100 Å². The molecule has 0 spiro atoms. The molecule has 1 aromatic heterocycles. The molecule has 0 saturated carbocycles. The van der Waals surface area contributed by atoms with E-state index in [-0.39, 0.29) is 23.7 Å². The van der Waals surface area contributed by atoms with E-state index in [1.165, 1.54) is 12.1 Å². The molecule has 2 atom stereocenters. The van der Waals surface area contributed by atoms with Crippen molar-refractivity contribution in [2.45, 2.75) is 31.3 Å². The number of carbonyl (C=O) groups excluding carboxylic acids is 1. The second-order valence-electron chi connectivity index (χ2n) is 9.23. The summed E-state index contributed by atoms with van der Waals surface area (Å²) in [6, 6.07) is 24.4. The second kappa shape index (κ2) is 8.96. The van der Waals surface area contributed by atoms with Crippen molar-refractivity contribution in [2.24, 2.45) is 0 Å². The van der Waals surface area contributed by atoms with Gasteiger partial charge in [-0.15, -0.1) is 0 Å². The molecule has 3 heterocycles. The number of nitrogens with zero attached hydrogens (tertiary/aromatic N) is 3. The highest BCUT2D eigenvalue weighted by molar-refractivity contribution is 5.80. The summed E-state index contributed by atoms with van der Waals surface area (Å²) in [5, 5.41) is 19.0. The molecular weight excluding hydrogens is 456 g/mol. The highest BCUT2D eigenvalue weighted by Crippen LogP contribution is 2.45. The number of amides is 1. The van der Waals surface area contributed by atoms with E-state index in [1.54, 1.807) is 12.1 Å². The number of carbonyl (C=O) groups is 1. The average molecular weight is 481 g/mol. The zero-order valence-electron chi connectivity index (χ0n) is 19.5. The van der Waals surface area contributed by atoms with Crippen molar-refractivity contribution in [3.63, 3.8) is 0 Å². The van der Waals surface area contributed by atoms with E-state index in [0.717, 1.165) is 46.6 Å². The van der Waals surface area contributed by atoms with Crippen LogP contribution < -0.4 is 5.32 Å². The van der Waals surface area contributed by atoms with Gasteiger partial charge < -0.3 is 14.7 Å². The van der Waals surface area contributed by atoms with Gasteiger partial charge in [0.05, 0.1) is 17.0 Å². The largest absolute Gasteiger partial charge is 0.378 e. The fourth-order valence-corrected chi connectivity index (χ4v) is 5.22. The van der Waals surface area contributed by atoms with E-state index in [2.05, 4.69) is 16.5 Å². The Morgan fingerprint density at radius 2 is 1.81 bits per heavy atom. The van der Waals surface area contributed by atoms with Gasteiger partial charge in [0.1, 0.15) is 5.69 Å². The number of nitrogens with one attached hydrogen (secondary N) is 1. The number of benzene rings is 3. The van der Waals surface area contributed by atoms with E-state index in [4.69, 9.17) is 4.52 Å². The first-order valence-corrected chi connectivity index (χ1v) is 12.0. The van der Waals surface area contributed by atoms with Crippen LogP contribution in [-0.2, 0) is 4.79 Å². The molecule has 1 N–H and O–H groups in total. The highest BCUT2D eigenvalue weighted by Gasteiger charge is 2.36. The fraction of sp³-hybridized carbons (Fsp3) is 0.214. The molecule has 1 fully saturated rings. The van der Waals surface area contributed by atoms with E-state index >= 15 is 0 Å². The van der Waals surface area contributed by atoms with Crippen molar-refractivity contribution in [3.8, 4) is 22.6 Å². The van der Waals surface area contributed by atoms with E-state index in [1.807, 2.05) is 53.4 Å². The van der Waals surface area contributed by atoms with E-state index in [9.17, 15) is 14.9 Å². The molecule has 2 aliphatic heterocycles. The van der Waals surface area contributed by atoms with Crippen LogP contribution in [0, 0.1) is 10.1 Å². The molecule has 8 nitrogen and oxygen atoms in total. The maximum absolute atomic E-state index is 12.8. The van der Waals surface area contributed by atoms with Crippen molar-refractivity contribution >= 4 is 17.3 Å². The standard InChI is InChI=1S/C28H24N4O4/c33-28-7-4-14-31(28)26-16-24(18-8-11-21(12-9-18)32(34)35)29-23-13-10-20(15-22(23)26)25-17-27(36-30-25)19-5-2-1-3-6-19/h1-3,5-6,8-13,15,17,24,26,29H,4,7,14,16H2. The molecule has 0 aliphatic carbocycles. The Kier molecular flexibility index (Phi) is 5.48. The Balaban J connectivity index is 1.35. The van der Waals surface area contributed by atoms with Gasteiger partial charge in [-0.3, -0.25) is 14.9 Å². The van der Waals surface area contributed by atoms with Crippen LogP contribution in [-0.4, -0.2) is 27.4 Å². The summed E-state index contributed by atoms with van der Waals surface area (Å²) in [6.45, 7) is 0.724. The SMILES string of the molecule is O=C1CCCN1C1CC(c2ccc([N+](=O)[O-])cc2)Nc2ccc(-c3cc(-c4ccccc4)on3)cc21. The summed E-state index contributed by atoms with van der Waals surface area (Å²) >= 11 is 0. The van der Waals surface area contributed by atoms with Gasteiger partial charge in [0, 0.05) is 48.0 Å². The van der Waals surface area contributed by atoms with Gasteiger partial charge in [-0.1, -0.05) is 53.7 Å². The van der Waals surface area contributed by atoms with Gasteiger partial charge >= 0.3 is 0 Å². The maximum atomic E-state index is 12.8. The minimum Gasteiger partial charge on any atom is -0.378 e. The molecule has 8 heteroatoms. The Bertz CT molecular complexity index is 1430. The number of likely N-dealkylation sites (tertiary alicyclic amines) is 1. The highest BCUT2D eigenvalue weighted by atomic mass is 16.6. The number of fused-ring (bicyclic) bond motifs is 1. The molecule has 3 aromatic carbocycles. The normalized spacial score (nSPS) is 19.1. The van der Waals surface area contributed by atoms with Crippen LogP contribution in [0.25, 0.3) is 22.6 Å². The summed E-state index contributed by atoms with van der Waals surface area (Å²) in [7, 11) is 0. The average Bonchev–Trinajstić information content (AvgIpc) is 3.58. The van der Waals surface area contributed by atoms with Crippen molar-refractivity contribution in [2.75, 3.05) is 11.9 Å². The fourth-order valence-electron chi connectivity index (χ4n) is 5.22. The van der Waals surface area contributed by atoms with Crippen molar-refractivity contribution in [1.29, 1.82) is 0 Å². The van der Waals surface area contributed by atoms with Crippen molar-refractivity contribution in [1.82, 2.24) is 10.1 Å². The second-order valence-corrected chi connectivity index (χ2v) is 9.23. The lowest BCUT2D eigenvalue weighted by molar-refractivity contribution is -0.384. The molecule has 1 amide bonds. The molecule has 1 saturated heterocycles. The first-order valence-electron chi connectivity index (χ1n) is 12.0. The van der Waals surface area contributed by atoms with Gasteiger partial charge in [0.15, 0.2) is 5.76 Å². The number of hydrogen-bond acceptors (Lipinski definition) is 6. The monoisotopic (exact) mass is 480 g/mol. The molecule has 6 rings (SSSR count). The van der Waals surface area contributed by atoms with Crippen LogP contribution in [0.3, 0.4) is 0 Å². The van der Waals surface area contributed by atoms with E-state index in [0.29, 0.717) is 18.6 Å². The first-order chi connectivity index (χ1) is 17.6. The number of anilines is 1. The van der Waals surface area contributed by atoms with Crippen LogP contribution in [0.1, 0.15) is 42.5 Å². The van der Waals surface area contributed by atoms with Crippen LogP contribution in [0.15, 0.2) is 83.4 Å². The number of hydrogen-bond donors (Lipinski definition) is 1. The molecule has 2 unspecified atom stereocenters. The lowest BCUT2D eigenvalue weighted by Crippen LogP contribution is -2.35. The van der Waals surface area contributed by atoms with Crippen LogP contribution >= 0.6 is 0 Å². The van der Waals surface area contributed by atoms with Crippen LogP contribution in [0.4, 0.5) is 11.4 Å². The molecule has 4 aromatic rings. The molecule has 180 valence electrons. The first kappa shape index (κ1) is 22.0. The number of rotatable bonds is 5. The van der Waals surface area contributed by atoms with Gasteiger partial charge in [0.25, 0.3) is 5.69 Å². The molecule has 2 aliphatic rings. The Hall–Kier alpha value is -4.46. The third kappa shape index (κ3) is 4.00. The van der Waals surface area contributed by atoms with Gasteiger partial charge in [-0.25, -0.2) is 0 Å². The van der Waals surface area contributed by atoms with Crippen LogP contribution in [0.2, 0.25) is 0 Å². The minimum absolute atomic E-state index is 0.0633. The topological polar surface area (TPSA) is 102 Å². The number of non-ortho nitro benzene ring substituents is 1. The quantitative estimate of drug-likeness (QED) is 0.272. The molecule has 36 heavy (non-hydrogen) atoms. The number of aromatic nitrogens is 1. The Morgan fingerprint density at radius 1 is 1.00 bits per heavy atom. The zero-order valence-corrected chi connectivity index (χ0v) is 19.5. The molecule has 0 radical (unpaired) electrons. The lowest BCUT2D eigenvalue weighted by atomic mass is 9.87. The van der Waals surface area contributed by atoms with Gasteiger partial charge in [-0.05, 0) is 36.1 Å². The number of nitro groups is 1. The Labute approximate surface area is 207 Å². The molecule has 0 bridgehead atoms. The summed E-state index contributed by atoms with van der Waals surface area (Å²) in [4.78, 5) is 25.4. The Morgan fingerprint density at radius 3 is 2.53 bits per heavy atom. The van der Waals surface area contributed by atoms with Crippen LogP contribution in [0.5, 0.6) is 0 Å². The van der Waals surface area contributed by atoms with Gasteiger partial charge in [0.2, 0.25) is 5.91 Å². The summed E-state index contributed by atoms with van der Waals surface area (Å²) in [5.41, 5.74) is 5.63.